The van der Waals surface area contributed by atoms with E-state index in [2.05, 4.69) is 14.9 Å². The molecule has 2 aromatic carbocycles. The summed E-state index contributed by atoms with van der Waals surface area (Å²) in [5.74, 6) is -0.0222. The van der Waals surface area contributed by atoms with E-state index in [1.165, 1.54) is 11.5 Å². The lowest BCUT2D eigenvalue weighted by Crippen LogP contribution is -2.43. The van der Waals surface area contributed by atoms with Crippen LogP contribution >= 0.6 is 11.5 Å². The van der Waals surface area contributed by atoms with Gasteiger partial charge in [0.15, 0.2) is 0 Å². The van der Waals surface area contributed by atoms with E-state index < -0.39 is 0 Å². The minimum Gasteiger partial charge on any atom is -0.360 e. The van der Waals surface area contributed by atoms with Gasteiger partial charge < -0.3 is 5.32 Å². The van der Waals surface area contributed by atoms with Crippen molar-refractivity contribution in [3.63, 3.8) is 0 Å². The fraction of sp³-hybridized carbons (Fsp3) is 0.167. The van der Waals surface area contributed by atoms with Gasteiger partial charge in [0.2, 0.25) is 0 Å². The third-order valence-corrected chi connectivity index (χ3v) is 5.05. The quantitative estimate of drug-likeness (QED) is 0.770. The van der Waals surface area contributed by atoms with Gasteiger partial charge in [-0.25, -0.2) is 0 Å². The second-order valence-corrected chi connectivity index (χ2v) is 6.61. The molecule has 1 aliphatic rings. The Kier molecular flexibility index (Phi) is 3.54. The molecule has 1 N–H and O–H groups in total. The highest BCUT2D eigenvalue weighted by Gasteiger charge is 2.35. The Hall–Kier alpha value is -2.73. The van der Waals surface area contributed by atoms with Gasteiger partial charge in [-0.05, 0) is 49.6 Å². The number of carbonyl (C=O) groups excluding carboxylic acids is 1. The maximum atomic E-state index is 13.2. The zero-order valence-electron chi connectivity index (χ0n) is 13.4. The molecule has 24 heavy (non-hydrogen) atoms. The van der Waals surface area contributed by atoms with Gasteiger partial charge in [-0.15, -0.1) is 5.10 Å². The summed E-state index contributed by atoms with van der Waals surface area (Å²) >= 11 is 1.32. The molecule has 1 atom stereocenters. The Morgan fingerprint density at radius 1 is 1.08 bits per heavy atom. The van der Waals surface area contributed by atoms with Gasteiger partial charge in [-0.2, -0.15) is 0 Å². The van der Waals surface area contributed by atoms with E-state index in [0.29, 0.717) is 5.56 Å². The van der Waals surface area contributed by atoms with Crippen molar-refractivity contribution < 1.29 is 4.79 Å². The lowest BCUT2D eigenvalue weighted by molar-refractivity contribution is 0.0975. The van der Waals surface area contributed by atoms with Crippen LogP contribution in [0.25, 0.3) is 0 Å². The molecule has 0 spiro atoms. The molecule has 0 saturated heterocycles. The van der Waals surface area contributed by atoms with Crippen molar-refractivity contribution in [3.05, 3.63) is 70.2 Å². The Bertz CT molecular complexity index is 903. The third-order valence-electron chi connectivity index (χ3n) is 4.17. The van der Waals surface area contributed by atoms with Crippen LogP contribution in [0.4, 0.5) is 11.4 Å². The van der Waals surface area contributed by atoms with Crippen molar-refractivity contribution in [2.24, 2.45) is 0 Å². The largest absolute Gasteiger partial charge is 0.360 e. The van der Waals surface area contributed by atoms with Gasteiger partial charge in [0.1, 0.15) is 6.17 Å². The second-order valence-electron chi connectivity index (χ2n) is 5.83. The van der Waals surface area contributed by atoms with E-state index in [4.69, 9.17) is 0 Å². The van der Waals surface area contributed by atoms with Gasteiger partial charge in [0, 0.05) is 11.4 Å². The zero-order chi connectivity index (χ0) is 16.7. The van der Waals surface area contributed by atoms with Crippen LogP contribution in [-0.4, -0.2) is 15.5 Å². The molecular formula is C18H16N4OS. The molecule has 1 unspecified atom stereocenters. The van der Waals surface area contributed by atoms with E-state index in [1.54, 1.807) is 4.90 Å². The summed E-state index contributed by atoms with van der Waals surface area (Å²) in [7, 11) is 0. The summed E-state index contributed by atoms with van der Waals surface area (Å²) in [6.45, 7) is 3.95. The van der Waals surface area contributed by atoms with Gasteiger partial charge in [0.05, 0.1) is 16.1 Å². The minimum absolute atomic E-state index is 0.0222. The van der Waals surface area contributed by atoms with Gasteiger partial charge >= 0.3 is 0 Å². The van der Waals surface area contributed by atoms with Gasteiger partial charge in [0.25, 0.3) is 5.91 Å². The van der Waals surface area contributed by atoms with Crippen LogP contribution in [0.2, 0.25) is 0 Å². The van der Waals surface area contributed by atoms with E-state index >= 15 is 0 Å². The van der Waals surface area contributed by atoms with Crippen LogP contribution < -0.4 is 10.2 Å². The molecule has 2 heterocycles. The molecule has 0 bridgehead atoms. The Labute approximate surface area is 144 Å². The molecule has 4 rings (SSSR count). The molecule has 1 amide bonds. The topological polar surface area (TPSA) is 58.1 Å². The summed E-state index contributed by atoms with van der Waals surface area (Å²) < 4.78 is 4.03. The Morgan fingerprint density at radius 3 is 2.54 bits per heavy atom. The van der Waals surface area contributed by atoms with E-state index in [9.17, 15) is 4.79 Å². The maximum Gasteiger partial charge on any atom is 0.262 e. The summed E-state index contributed by atoms with van der Waals surface area (Å²) in [5.41, 5.74) is 4.35. The van der Waals surface area contributed by atoms with E-state index in [0.717, 1.165) is 27.5 Å². The predicted molar refractivity (Wildman–Crippen MR) is 95.4 cm³/mol. The number of nitrogens with zero attached hydrogens (tertiary/aromatic N) is 3. The van der Waals surface area contributed by atoms with Crippen LogP contribution in [-0.2, 0) is 0 Å². The fourth-order valence-corrected chi connectivity index (χ4v) is 3.59. The van der Waals surface area contributed by atoms with Crippen molar-refractivity contribution in [1.29, 1.82) is 0 Å². The predicted octanol–water partition coefficient (Wildman–Crippen LogP) is 3.93. The number of hydrogen-bond donors (Lipinski definition) is 1. The monoisotopic (exact) mass is 336 g/mol. The molecule has 0 saturated carbocycles. The Balaban J connectivity index is 1.87. The summed E-state index contributed by atoms with van der Waals surface area (Å²) in [4.78, 5) is 15.9. The van der Waals surface area contributed by atoms with Crippen LogP contribution in [0.1, 0.15) is 32.7 Å². The number of rotatable bonds is 2. The SMILES string of the molecule is Cc1ccc(N2C(=O)c3ccccc3NC2c2snnc2C)cc1. The van der Waals surface area contributed by atoms with Crippen molar-refractivity contribution in [2.75, 3.05) is 10.2 Å². The minimum atomic E-state index is -0.310. The third kappa shape index (κ3) is 2.35. The average Bonchev–Trinajstić information content (AvgIpc) is 3.02. The molecule has 0 fully saturated rings. The number of anilines is 2. The number of para-hydroxylation sites is 1. The molecule has 5 nitrogen and oxygen atoms in total. The number of aryl methyl sites for hydroxylation is 2. The van der Waals surface area contributed by atoms with Crippen LogP contribution in [0, 0.1) is 13.8 Å². The maximum absolute atomic E-state index is 13.2. The summed E-state index contributed by atoms with van der Waals surface area (Å²) in [5, 5.41) is 7.57. The molecule has 1 aromatic heterocycles. The molecule has 6 heteroatoms. The van der Waals surface area contributed by atoms with Crippen molar-refractivity contribution >= 4 is 28.8 Å². The van der Waals surface area contributed by atoms with Gasteiger partial charge in [-0.3, -0.25) is 9.69 Å². The van der Waals surface area contributed by atoms with Crippen LogP contribution in [0.15, 0.2) is 48.5 Å². The zero-order valence-corrected chi connectivity index (χ0v) is 14.2. The summed E-state index contributed by atoms with van der Waals surface area (Å²) in [6, 6.07) is 15.5. The highest BCUT2D eigenvalue weighted by atomic mass is 32.1. The molecule has 0 aliphatic carbocycles. The second kappa shape index (κ2) is 5.72. The van der Waals surface area contributed by atoms with E-state index in [1.807, 2.05) is 62.4 Å². The number of fused-ring (bicyclic) bond motifs is 1. The lowest BCUT2D eigenvalue weighted by Gasteiger charge is -2.37. The fourth-order valence-electron chi connectivity index (χ4n) is 2.90. The highest BCUT2D eigenvalue weighted by Crippen LogP contribution is 2.38. The van der Waals surface area contributed by atoms with E-state index in [-0.39, 0.29) is 12.1 Å². The smallest absolute Gasteiger partial charge is 0.262 e. The first-order valence-corrected chi connectivity index (χ1v) is 8.47. The highest BCUT2D eigenvalue weighted by molar-refractivity contribution is 7.05. The normalized spacial score (nSPS) is 16.7. The number of carbonyl (C=O) groups is 1. The van der Waals surface area contributed by atoms with Crippen LogP contribution in [0.3, 0.4) is 0 Å². The number of amides is 1. The molecule has 120 valence electrons. The molecule has 1 aliphatic heterocycles. The number of nitrogens with one attached hydrogen (secondary N) is 1. The Morgan fingerprint density at radius 2 is 1.83 bits per heavy atom. The first kappa shape index (κ1) is 14.8. The molecule has 0 radical (unpaired) electrons. The summed E-state index contributed by atoms with van der Waals surface area (Å²) in [6.07, 6.45) is -0.310. The molecule has 3 aromatic rings. The average molecular weight is 336 g/mol. The van der Waals surface area contributed by atoms with Gasteiger partial charge in [-0.1, -0.05) is 34.3 Å². The van der Waals surface area contributed by atoms with Crippen molar-refractivity contribution in [3.8, 4) is 0 Å². The van der Waals surface area contributed by atoms with Crippen LogP contribution in [0.5, 0.6) is 0 Å². The first-order chi connectivity index (χ1) is 11.6. The molecular weight excluding hydrogens is 320 g/mol. The number of aromatic nitrogens is 2. The van der Waals surface area contributed by atoms with Crippen molar-refractivity contribution in [1.82, 2.24) is 9.59 Å². The van der Waals surface area contributed by atoms with Crippen molar-refractivity contribution in [2.45, 2.75) is 20.0 Å². The lowest BCUT2D eigenvalue weighted by atomic mass is 10.0. The number of hydrogen-bond acceptors (Lipinski definition) is 5. The first-order valence-electron chi connectivity index (χ1n) is 7.70. The number of benzene rings is 2. The standard InChI is InChI=1S/C18H16N4OS/c1-11-7-9-13(10-8-11)22-17(16-12(2)20-21-24-16)19-15-6-4-3-5-14(15)18(22)23/h3-10,17,19H,1-2H3.